The minimum Gasteiger partial charge on any atom is -0.325 e. The predicted octanol–water partition coefficient (Wildman–Crippen LogP) is 6.21. The van der Waals surface area contributed by atoms with E-state index in [0.717, 1.165) is 0 Å². The Labute approximate surface area is 122 Å². The van der Waals surface area contributed by atoms with Crippen molar-refractivity contribution in [3.05, 3.63) is 0 Å². The zero-order valence-corrected chi connectivity index (χ0v) is 14.0. The highest BCUT2D eigenvalue weighted by molar-refractivity contribution is 4.77. The van der Waals surface area contributed by atoms with Gasteiger partial charge in [-0.2, -0.15) is 0 Å². The summed E-state index contributed by atoms with van der Waals surface area (Å²) in [6, 6.07) is 0. The second kappa shape index (κ2) is 13.0. The fourth-order valence-electron chi connectivity index (χ4n) is 2.89. The number of hydrogen-bond acceptors (Lipinski definition) is 1. The van der Waals surface area contributed by atoms with Gasteiger partial charge in [-0.05, 0) is 19.8 Å². The fourth-order valence-corrected chi connectivity index (χ4v) is 2.89. The highest BCUT2D eigenvalue weighted by Gasteiger charge is 2.15. The number of hydrogen-bond donors (Lipinski definition) is 1. The van der Waals surface area contributed by atoms with E-state index in [9.17, 15) is 0 Å². The third kappa shape index (κ3) is 14.2. The van der Waals surface area contributed by atoms with Crippen LogP contribution in [0.1, 0.15) is 111 Å². The van der Waals surface area contributed by atoms with Gasteiger partial charge in [0.15, 0.2) is 0 Å². The molecule has 2 N–H and O–H groups in total. The summed E-state index contributed by atoms with van der Waals surface area (Å²) in [6.45, 7) is 6.73. The van der Waals surface area contributed by atoms with Crippen LogP contribution in [0.15, 0.2) is 0 Å². The highest BCUT2D eigenvalue weighted by Crippen LogP contribution is 2.18. The zero-order valence-electron chi connectivity index (χ0n) is 14.0. The highest BCUT2D eigenvalue weighted by atomic mass is 14.7. The van der Waals surface area contributed by atoms with Gasteiger partial charge in [-0.15, -0.1) is 0 Å². The summed E-state index contributed by atoms with van der Waals surface area (Å²) >= 11 is 0. The van der Waals surface area contributed by atoms with Crippen LogP contribution in [-0.4, -0.2) is 5.54 Å². The molecule has 0 aromatic rings. The normalized spacial score (nSPS) is 14.5. The molecule has 0 bridgehead atoms. The van der Waals surface area contributed by atoms with Crippen LogP contribution in [0.25, 0.3) is 0 Å². The van der Waals surface area contributed by atoms with Crippen molar-refractivity contribution < 1.29 is 0 Å². The number of unbranched alkanes of at least 4 members (excludes halogenated alkanes) is 10. The molecule has 0 aromatic heterocycles. The monoisotopic (exact) mass is 269 g/mol. The van der Waals surface area contributed by atoms with Crippen molar-refractivity contribution in [1.82, 2.24) is 0 Å². The Bertz CT molecular complexity index is 175. The van der Waals surface area contributed by atoms with Crippen LogP contribution >= 0.6 is 0 Å². The molecule has 0 radical (unpaired) electrons. The smallest absolute Gasteiger partial charge is 0.0125 e. The second-order valence-electron chi connectivity index (χ2n) is 6.69. The molecule has 0 saturated carbocycles. The van der Waals surface area contributed by atoms with Gasteiger partial charge in [0.25, 0.3) is 0 Å². The summed E-state index contributed by atoms with van der Waals surface area (Å²) in [5, 5.41) is 0. The lowest BCUT2D eigenvalue weighted by Gasteiger charge is -2.23. The standard InChI is InChI=1S/C18H39N/c1-4-6-7-8-9-10-11-12-13-14-15-17-18(3,19)16-5-2/h4-17,19H2,1-3H3. The van der Waals surface area contributed by atoms with Crippen LogP contribution in [0.5, 0.6) is 0 Å². The topological polar surface area (TPSA) is 26.0 Å². The first-order valence-electron chi connectivity index (χ1n) is 8.91. The number of rotatable bonds is 14. The van der Waals surface area contributed by atoms with Crippen molar-refractivity contribution in [3.8, 4) is 0 Å². The maximum absolute atomic E-state index is 6.25. The van der Waals surface area contributed by atoms with Gasteiger partial charge in [-0.25, -0.2) is 0 Å². The summed E-state index contributed by atoms with van der Waals surface area (Å²) < 4.78 is 0. The summed E-state index contributed by atoms with van der Waals surface area (Å²) in [4.78, 5) is 0. The molecule has 0 spiro atoms. The first-order valence-corrected chi connectivity index (χ1v) is 8.91. The lowest BCUT2D eigenvalue weighted by atomic mass is 9.90. The summed E-state index contributed by atoms with van der Waals surface area (Å²) in [5.74, 6) is 0. The van der Waals surface area contributed by atoms with E-state index in [1.807, 2.05) is 0 Å². The molecule has 19 heavy (non-hydrogen) atoms. The predicted molar refractivity (Wildman–Crippen MR) is 88.6 cm³/mol. The van der Waals surface area contributed by atoms with E-state index in [-0.39, 0.29) is 5.54 Å². The Hall–Kier alpha value is -0.0400. The fraction of sp³-hybridized carbons (Fsp3) is 1.00. The molecule has 1 nitrogen and oxygen atoms in total. The van der Waals surface area contributed by atoms with Gasteiger partial charge in [-0.3, -0.25) is 0 Å². The van der Waals surface area contributed by atoms with Gasteiger partial charge in [0.05, 0.1) is 0 Å². The molecule has 0 aliphatic heterocycles. The van der Waals surface area contributed by atoms with Crippen molar-refractivity contribution in [1.29, 1.82) is 0 Å². The van der Waals surface area contributed by atoms with E-state index >= 15 is 0 Å². The number of nitrogens with two attached hydrogens (primary N) is 1. The van der Waals surface area contributed by atoms with Crippen molar-refractivity contribution in [2.75, 3.05) is 0 Å². The molecule has 1 atom stereocenters. The van der Waals surface area contributed by atoms with E-state index in [2.05, 4.69) is 20.8 Å². The lowest BCUT2D eigenvalue weighted by Crippen LogP contribution is -2.35. The van der Waals surface area contributed by atoms with E-state index < -0.39 is 0 Å². The molecular weight excluding hydrogens is 230 g/mol. The molecule has 0 rings (SSSR count). The van der Waals surface area contributed by atoms with E-state index in [4.69, 9.17) is 5.73 Å². The van der Waals surface area contributed by atoms with Gasteiger partial charge in [0, 0.05) is 5.54 Å². The quantitative estimate of drug-likeness (QED) is 0.373. The molecule has 0 aromatic carbocycles. The van der Waals surface area contributed by atoms with Crippen molar-refractivity contribution >= 4 is 0 Å². The van der Waals surface area contributed by atoms with Crippen molar-refractivity contribution in [3.63, 3.8) is 0 Å². The largest absolute Gasteiger partial charge is 0.325 e. The molecule has 1 unspecified atom stereocenters. The summed E-state index contributed by atoms with van der Waals surface area (Å²) in [6.07, 6.45) is 19.2. The van der Waals surface area contributed by atoms with Gasteiger partial charge >= 0.3 is 0 Å². The minimum atomic E-state index is 0.0913. The van der Waals surface area contributed by atoms with Crippen LogP contribution in [0.2, 0.25) is 0 Å². The summed E-state index contributed by atoms with van der Waals surface area (Å²) in [7, 11) is 0. The molecule has 0 aliphatic carbocycles. The van der Waals surface area contributed by atoms with E-state index in [0.29, 0.717) is 0 Å². The third-order valence-corrected chi connectivity index (χ3v) is 4.17. The molecule has 0 heterocycles. The van der Waals surface area contributed by atoms with Crippen LogP contribution in [0.4, 0.5) is 0 Å². The molecular formula is C18H39N. The third-order valence-electron chi connectivity index (χ3n) is 4.17. The van der Waals surface area contributed by atoms with Crippen molar-refractivity contribution in [2.24, 2.45) is 5.73 Å². The molecule has 0 fully saturated rings. The van der Waals surface area contributed by atoms with Gasteiger partial charge in [-0.1, -0.05) is 90.9 Å². The van der Waals surface area contributed by atoms with Crippen LogP contribution in [0.3, 0.4) is 0 Å². The maximum atomic E-state index is 6.25. The van der Waals surface area contributed by atoms with Crippen LogP contribution in [0, 0.1) is 0 Å². The van der Waals surface area contributed by atoms with E-state index in [1.54, 1.807) is 0 Å². The first kappa shape index (κ1) is 19.0. The Morgan fingerprint density at radius 1 is 0.579 bits per heavy atom. The SMILES string of the molecule is CCCCCCCCCCCCCC(C)(N)CCC. The maximum Gasteiger partial charge on any atom is 0.0125 e. The van der Waals surface area contributed by atoms with Crippen molar-refractivity contribution in [2.45, 2.75) is 116 Å². The van der Waals surface area contributed by atoms with Crippen LogP contribution in [-0.2, 0) is 0 Å². The van der Waals surface area contributed by atoms with Gasteiger partial charge < -0.3 is 5.73 Å². The van der Waals surface area contributed by atoms with Gasteiger partial charge in [0.2, 0.25) is 0 Å². The van der Waals surface area contributed by atoms with Crippen LogP contribution < -0.4 is 5.73 Å². The van der Waals surface area contributed by atoms with Gasteiger partial charge in [0.1, 0.15) is 0 Å². The Kier molecular flexibility index (Phi) is 12.9. The minimum absolute atomic E-state index is 0.0913. The lowest BCUT2D eigenvalue weighted by molar-refractivity contribution is 0.376. The zero-order chi connectivity index (χ0) is 14.4. The molecule has 116 valence electrons. The molecule has 0 amide bonds. The Balaban J connectivity index is 3.14. The summed E-state index contributed by atoms with van der Waals surface area (Å²) in [5.41, 5.74) is 6.34. The molecule has 0 aliphatic rings. The second-order valence-corrected chi connectivity index (χ2v) is 6.69. The average Bonchev–Trinajstić information content (AvgIpc) is 2.36. The first-order chi connectivity index (χ1) is 9.12. The Morgan fingerprint density at radius 2 is 1.00 bits per heavy atom. The average molecular weight is 270 g/mol. The molecule has 0 saturated heterocycles. The Morgan fingerprint density at radius 3 is 1.42 bits per heavy atom. The van der Waals surface area contributed by atoms with E-state index in [1.165, 1.54) is 89.9 Å². The molecule has 1 heteroatoms.